The second-order valence-electron chi connectivity index (χ2n) is 19.0. The molecular weight excluding hydrogens is 853 g/mol. The fraction of sp³-hybridized carbons (Fsp3) is 0.0141. The minimum absolute atomic E-state index is 0.487. The summed E-state index contributed by atoms with van der Waals surface area (Å²) in [4.78, 5) is 0. The van der Waals surface area contributed by atoms with Crippen molar-refractivity contribution in [2.75, 3.05) is 0 Å². The third kappa shape index (κ3) is 6.32. The van der Waals surface area contributed by atoms with Gasteiger partial charge < -0.3 is 0 Å². The van der Waals surface area contributed by atoms with Crippen LogP contribution in [0.1, 0.15) is 33.4 Å². The van der Waals surface area contributed by atoms with Crippen molar-refractivity contribution < 1.29 is 0 Å². The van der Waals surface area contributed by atoms with E-state index in [9.17, 15) is 0 Å². The lowest BCUT2D eigenvalue weighted by molar-refractivity contribution is 0.769. The van der Waals surface area contributed by atoms with Crippen LogP contribution in [0.4, 0.5) is 0 Å². The van der Waals surface area contributed by atoms with E-state index in [-0.39, 0.29) is 0 Å². The summed E-state index contributed by atoms with van der Waals surface area (Å²) in [5.74, 6) is 0. The van der Waals surface area contributed by atoms with E-state index in [1.54, 1.807) is 0 Å². The lowest BCUT2D eigenvalue weighted by atomic mass is 9.67. The van der Waals surface area contributed by atoms with Crippen LogP contribution in [-0.4, -0.2) is 0 Å². The highest BCUT2D eigenvalue weighted by Gasteiger charge is 2.46. The van der Waals surface area contributed by atoms with Crippen LogP contribution in [-0.2, 0) is 5.41 Å². The highest BCUT2D eigenvalue weighted by atomic mass is 14.5. The molecule has 0 aromatic heterocycles. The van der Waals surface area contributed by atoms with E-state index in [0.29, 0.717) is 0 Å². The van der Waals surface area contributed by atoms with Gasteiger partial charge in [-0.3, -0.25) is 0 Å². The maximum Gasteiger partial charge on any atom is 0.0713 e. The number of fused-ring (bicyclic) bond motifs is 8. The van der Waals surface area contributed by atoms with Crippen LogP contribution >= 0.6 is 0 Å². The predicted molar refractivity (Wildman–Crippen MR) is 303 cm³/mol. The fourth-order valence-electron chi connectivity index (χ4n) is 12.4. The van der Waals surface area contributed by atoms with E-state index in [1.165, 1.54) is 132 Å². The summed E-state index contributed by atoms with van der Waals surface area (Å²) in [7, 11) is 0. The lowest BCUT2D eigenvalue weighted by Gasteiger charge is -2.34. The Kier molecular flexibility index (Phi) is 9.54. The van der Waals surface area contributed by atoms with Gasteiger partial charge in [-0.15, -0.1) is 0 Å². The first kappa shape index (κ1) is 40.9. The number of rotatable bonds is 7. The van der Waals surface area contributed by atoms with Crippen LogP contribution in [0.2, 0.25) is 0 Å². The zero-order chi connectivity index (χ0) is 46.9. The molecule has 71 heavy (non-hydrogen) atoms. The second kappa shape index (κ2) is 16.6. The molecule has 0 radical (unpaired) electrons. The average Bonchev–Trinajstić information content (AvgIpc) is 3.74. The van der Waals surface area contributed by atoms with Gasteiger partial charge in [0.05, 0.1) is 5.41 Å². The molecule has 0 saturated heterocycles. The van der Waals surface area contributed by atoms with Crippen molar-refractivity contribution in [2.24, 2.45) is 0 Å². The summed E-state index contributed by atoms with van der Waals surface area (Å²) >= 11 is 0. The third-order valence-corrected chi connectivity index (χ3v) is 15.4. The summed E-state index contributed by atoms with van der Waals surface area (Å²) in [5, 5.41) is 12.5. The van der Waals surface area contributed by atoms with Gasteiger partial charge in [0, 0.05) is 0 Å². The van der Waals surface area contributed by atoms with Crippen molar-refractivity contribution in [2.45, 2.75) is 5.41 Å². The molecule has 0 heterocycles. The summed E-state index contributed by atoms with van der Waals surface area (Å²) in [6.45, 7) is 0. The molecule has 0 unspecified atom stereocenters. The molecule has 13 aromatic rings. The molecule has 0 heteroatoms. The lowest BCUT2D eigenvalue weighted by Crippen LogP contribution is -2.28. The first-order valence-electron chi connectivity index (χ1n) is 24.7. The maximum atomic E-state index is 2.51. The van der Waals surface area contributed by atoms with Crippen molar-refractivity contribution in [1.29, 1.82) is 0 Å². The van der Waals surface area contributed by atoms with Crippen molar-refractivity contribution >= 4 is 66.0 Å². The van der Waals surface area contributed by atoms with Crippen molar-refractivity contribution in [3.05, 3.63) is 300 Å². The highest BCUT2D eigenvalue weighted by molar-refractivity contribution is 6.24. The van der Waals surface area contributed by atoms with Gasteiger partial charge in [-0.1, -0.05) is 273 Å². The van der Waals surface area contributed by atoms with Crippen LogP contribution in [0, 0.1) is 0 Å². The molecule has 0 atom stereocenters. The minimum atomic E-state index is -0.487. The quantitative estimate of drug-likeness (QED) is 0.110. The molecule has 0 fully saturated rings. The highest BCUT2D eigenvalue weighted by Crippen LogP contribution is 2.57. The molecule has 330 valence electrons. The monoisotopic (exact) mass is 898 g/mol. The Morgan fingerprint density at radius 3 is 1.27 bits per heavy atom. The third-order valence-electron chi connectivity index (χ3n) is 15.4. The minimum Gasteiger partial charge on any atom is -0.0622 e. The van der Waals surface area contributed by atoms with Gasteiger partial charge in [0.15, 0.2) is 0 Å². The Morgan fingerprint density at radius 1 is 0.239 bits per heavy atom. The van der Waals surface area contributed by atoms with Crippen molar-refractivity contribution in [1.82, 2.24) is 0 Å². The zero-order valence-corrected chi connectivity index (χ0v) is 39.1. The van der Waals surface area contributed by atoms with E-state index in [2.05, 4.69) is 279 Å². The molecule has 0 saturated carbocycles. The molecule has 0 aliphatic heterocycles. The molecule has 0 spiro atoms. The first-order chi connectivity index (χ1) is 35.3. The predicted octanol–water partition coefficient (Wildman–Crippen LogP) is 19.0. The van der Waals surface area contributed by atoms with Crippen LogP contribution < -0.4 is 0 Å². The summed E-state index contributed by atoms with van der Waals surface area (Å²) in [6, 6.07) is 99.0. The van der Waals surface area contributed by atoms with E-state index in [4.69, 9.17) is 0 Å². The van der Waals surface area contributed by atoms with E-state index in [0.717, 1.165) is 0 Å². The van der Waals surface area contributed by atoms with Crippen LogP contribution in [0.15, 0.2) is 267 Å². The summed E-state index contributed by atoms with van der Waals surface area (Å²) < 4.78 is 0. The van der Waals surface area contributed by atoms with Crippen molar-refractivity contribution in [3.8, 4) is 44.5 Å². The molecule has 0 nitrogen and oxygen atoms in total. The molecule has 14 rings (SSSR count). The number of hydrogen-bond donors (Lipinski definition) is 0. The largest absolute Gasteiger partial charge is 0.0713 e. The molecule has 1 aliphatic carbocycles. The van der Waals surface area contributed by atoms with Gasteiger partial charge in [0.1, 0.15) is 0 Å². The van der Waals surface area contributed by atoms with Gasteiger partial charge in [-0.05, 0) is 138 Å². The normalized spacial score (nSPS) is 12.8. The SMILES string of the molecule is C(=Cc1ccc(-c2c3ccccc3c(-c3ccc4c(c3)C(c3ccccc3)(c3ccccc3)c3ccccc3-4)c3ccccc23)c2ccccc12)c1ccc(-c2cccc3ccccc23)c2ccccc12. The molecular formula is C71H46. The summed E-state index contributed by atoms with van der Waals surface area (Å²) in [5.41, 5.74) is 17.1. The average molecular weight is 899 g/mol. The first-order valence-corrected chi connectivity index (χ1v) is 24.7. The van der Waals surface area contributed by atoms with Gasteiger partial charge in [-0.25, -0.2) is 0 Å². The van der Waals surface area contributed by atoms with Gasteiger partial charge in [0.2, 0.25) is 0 Å². The van der Waals surface area contributed by atoms with Crippen molar-refractivity contribution in [3.63, 3.8) is 0 Å². The zero-order valence-electron chi connectivity index (χ0n) is 39.1. The smallest absolute Gasteiger partial charge is 0.0622 e. The molecule has 0 bridgehead atoms. The Labute approximate surface area is 414 Å². The Bertz CT molecular complexity index is 4170. The maximum absolute atomic E-state index is 2.51. The fourth-order valence-corrected chi connectivity index (χ4v) is 12.4. The molecule has 1 aliphatic rings. The standard InChI is InChI=1S/C71H46/c1-3-22-51(23-4-1)71(52-24-5-2-6-25-52)67-37-18-17-31-60(67)61-44-42-50(46-68(61)71)69-62-32-13-15-34-64(62)70(65-35-16-14-33-63(65)69)66-45-41-49(55-28-10-12-30-58(55)66)39-38-48-40-43-59(56-29-11-9-27-54(48)56)57-36-19-21-47-20-7-8-26-53(47)57/h1-46H. The van der Waals surface area contributed by atoms with Gasteiger partial charge >= 0.3 is 0 Å². The van der Waals surface area contributed by atoms with Gasteiger partial charge in [-0.2, -0.15) is 0 Å². The Morgan fingerprint density at radius 2 is 0.648 bits per heavy atom. The Balaban J connectivity index is 0.930. The van der Waals surface area contributed by atoms with Crippen LogP contribution in [0.25, 0.3) is 111 Å². The van der Waals surface area contributed by atoms with E-state index >= 15 is 0 Å². The molecule has 0 N–H and O–H groups in total. The van der Waals surface area contributed by atoms with E-state index in [1.807, 2.05) is 0 Å². The van der Waals surface area contributed by atoms with Gasteiger partial charge in [0.25, 0.3) is 0 Å². The van der Waals surface area contributed by atoms with Crippen LogP contribution in [0.5, 0.6) is 0 Å². The van der Waals surface area contributed by atoms with Crippen LogP contribution in [0.3, 0.4) is 0 Å². The second-order valence-corrected chi connectivity index (χ2v) is 19.0. The molecule has 13 aromatic carbocycles. The topological polar surface area (TPSA) is 0 Å². The molecule has 0 amide bonds. The number of benzene rings is 13. The number of hydrogen-bond acceptors (Lipinski definition) is 0. The van der Waals surface area contributed by atoms with E-state index < -0.39 is 5.41 Å². The summed E-state index contributed by atoms with van der Waals surface area (Å²) in [6.07, 6.45) is 4.61. The Hall–Kier alpha value is -9.10.